The van der Waals surface area contributed by atoms with Crippen LogP contribution in [0.2, 0.25) is 0 Å². The van der Waals surface area contributed by atoms with Gasteiger partial charge >= 0.3 is 5.97 Å². The molecule has 0 unspecified atom stereocenters. The van der Waals surface area contributed by atoms with Crippen LogP contribution in [0.1, 0.15) is 116 Å². The minimum atomic E-state index is -0.975. The van der Waals surface area contributed by atoms with Crippen LogP contribution < -0.4 is 0 Å². The highest BCUT2D eigenvalue weighted by Crippen LogP contribution is 2.49. The molecule has 32 heavy (non-hydrogen) atoms. The second-order valence-electron chi connectivity index (χ2n) is 13.1. The molecule has 176 valence electrons. The molecule has 0 fully saturated rings. The van der Waals surface area contributed by atoms with Crippen molar-refractivity contribution < 1.29 is 15.0 Å². The predicted molar refractivity (Wildman–Crippen MR) is 135 cm³/mol. The number of carbonyl (C=O) groups is 1. The van der Waals surface area contributed by atoms with Gasteiger partial charge in [-0.1, -0.05) is 101 Å². The van der Waals surface area contributed by atoms with E-state index in [0.29, 0.717) is 16.7 Å². The largest absolute Gasteiger partial charge is 0.507 e. The lowest BCUT2D eigenvalue weighted by Crippen LogP contribution is -2.25. The molecule has 3 heteroatoms. The molecule has 2 N–H and O–H groups in total. The van der Waals surface area contributed by atoms with Gasteiger partial charge in [-0.15, -0.1) is 0 Å². The third-order valence-corrected chi connectivity index (χ3v) is 5.98. The van der Waals surface area contributed by atoms with Gasteiger partial charge in [0, 0.05) is 16.7 Å². The van der Waals surface area contributed by atoms with E-state index in [1.807, 2.05) is 53.7 Å². The average Bonchev–Trinajstić information content (AvgIpc) is 2.56. The molecule has 0 bridgehead atoms. The van der Waals surface area contributed by atoms with Gasteiger partial charge in [-0.3, -0.25) is 0 Å². The van der Waals surface area contributed by atoms with E-state index in [-0.39, 0.29) is 22.1 Å². The highest BCUT2D eigenvalue weighted by molar-refractivity contribution is 5.99. The lowest BCUT2D eigenvalue weighted by molar-refractivity contribution is 0.0697. The molecular formula is C29H42O3. The van der Waals surface area contributed by atoms with Gasteiger partial charge in [0.2, 0.25) is 0 Å². The number of benzene rings is 2. The molecule has 0 heterocycles. The molecule has 0 amide bonds. The Morgan fingerprint density at radius 2 is 1.16 bits per heavy atom. The molecule has 2 aromatic rings. The zero-order valence-electron chi connectivity index (χ0n) is 22.1. The van der Waals surface area contributed by atoms with E-state index in [1.54, 1.807) is 6.07 Å². The Morgan fingerprint density at radius 1 is 0.688 bits per heavy atom. The van der Waals surface area contributed by atoms with Crippen molar-refractivity contribution in [1.29, 1.82) is 0 Å². The number of aromatic carboxylic acids is 1. The minimum absolute atomic E-state index is 0.114. The van der Waals surface area contributed by atoms with Crippen molar-refractivity contribution in [3.63, 3.8) is 0 Å². The first-order chi connectivity index (χ1) is 14.2. The van der Waals surface area contributed by atoms with Gasteiger partial charge in [0.25, 0.3) is 0 Å². The third kappa shape index (κ3) is 4.87. The quantitative estimate of drug-likeness (QED) is 0.500. The summed E-state index contributed by atoms with van der Waals surface area (Å²) in [6, 6.07) is 7.85. The summed E-state index contributed by atoms with van der Waals surface area (Å²) < 4.78 is 0. The molecule has 0 saturated heterocycles. The molecular weight excluding hydrogens is 396 g/mol. The van der Waals surface area contributed by atoms with Crippen LogP contribution in [0.3, 0.4) is 0 Å². The molecule has 0 aliphatic carbocycles. The molecule has 2 aromatic carbocycles. The Morgan fingerprint density at radius 3 is 1.53 bits per heavy atom. The first kappa shape index (κ1) is 26.0. The summed E-state index contributed by atoms with van der Waals surface area (Å²) in [6.45, 7) is 25.2. The van der Waals surface area contributed by atoms with Crippen molar-refractivity contribution in [2.75, 3.05) is 0 Å². The average molecular weight is 439 g/mol. The fraction of sp³-hybridized carbons (Fsp3) is 0.552. The van der Waals surface area contributed by atoms with E-state index in [9.17, 15) is 15.0 Å². The topological polar surface area (TPSA) is 57.5 Å². The van der Waals surface area contributed by atoms with Crippen LogP contribution in [0.25, 0.3) is 11.1 Å². The van der Waals surface area contributed by atoms with Crippen LogP contribution in [0.4, 0.5) is 0 Å². The summed E-state index contributed by atoms with van der Waals surface area (Å²) in [6.07, 6.45) is 0. The first-order valence-electron chi connectivity index (χ1n) is 11.5. The second-order valence-corrected chi connectivity index (χ2v) is 13.1. The maximum absolute atomic E-state index is 12.6. The SMILES string of the molecule is CC(C)(C)c1cc(C(=O)O)c(-c2cccc(C(C)(C)C)c2C(C)(C)C)c(C(C)(C)C)c1O. The van der Waals surface area contributed by atoms with E-state index >= 15 is 0 Å². The van der Waals surface area contributed by atoms with Crippen molar-refractivity contribution in [3.8, 4) is 16.9 Å². The van der Waals surface area contributed by atoms with E-state index in [1.165, 1.54) is 5.56 Å². The van der Waals surface area contributed by atoms with E-state index in [4.69, 9.17) is 0 Å². The number of aromatic hydroxyl groups is 1. The molecule has 0 aromatic heterocycles. The molecule has 3 nitrogen and oxygen atoms in total. The highest BCUT2D eigenvalue weighted by atomic mass is 16.4. The van der Waals surface area contributed by atoms with Crippen LogP contribution in [0.5, 0.6) is 5.75 Å². The Labute approximate surface area is 194 Å². The molecule has 0 saturated carbocycles. The fourth-order valence-electron chi connectivity index (χ4n) is 4.62. The smallest absolute Gasteiger partial charge is 0.336 e. The lowest BCUT2D eigenvalue weighted by Gasteiger charge is -2.35. The van der Waals surface area contributed by atoms with Crippen molar-refractivity contribution in [2.24, 2.45) is 0 Å². The standard InChI is InChI=1S/C29H42O3/c1-26(2,3)19-15-13-14-17(22(19)28(7,8)9)21-18(25(31)32)16-20(27(4,5)6)24(30)23(21)29(10,11)12/h13-16,30H,1-12H3,(H,31,32). The van der Waals surface area contributed by atoms with E-state index in [2.05, 4.69) is 47.6 Å². The predicted octanol–water partition coefficient (Wildman–Crippen LogP) is 7.95. The Bertz CT molecular complexity index is 1030. The second kappa shape index (κ2) is 7.93. The number of rotatable bonds is 2. The third-order valence-electron chi connectivity index (χ3n) is 5.98. The number of hydrogen-bond donors (Lipinski definition) is 2. The molecule has 0 radical (unpaired) electrons. The molecule has 2 rings (SSSR count). The minimum Gasteiger partial charge on any atom is -0.507 e. The van der Waals surface area contributed by atoms with Crippen LogP contribution in [0.15, 0.2) is 24.3 Å². The Balaban J connectivity index is 3.26. The van der Waals surface area contributed by atoms with Crippen molar-refractivity contribution >= 4 is 5.97 Å². The lowest BCUT2D eigenvalue weighted by atomic mass is 9.69. The zero-order chi connectivity index (χ0) is 25.0. The summed E-state index contributed by atoms with van der Waals surface area (Å²) in [7, 11) is 0. The van der Waals surface area contributed by atoms with Crippen LogP contribution in [-0.4, -0.2) is 16.2 Å². The van der Waals surface area contributed by atoms with Crippen LogP contribution in [0, 0.1) is 0 Å². The van der Waals surface area contributed by atoms with Gasteiger partial charge in [0.15, 0.2) is 0 Å². The molecule has 0 spiro atoms. The fourth-order valence-corrected chi connectivity index (χ4v) is 4.62. The summed E-state index contributed by atoms with van der Waals surface area (Å²) >= 11 is 0. The Hall–Kier alpha value is -2.29. The summed E-state index contributed by atoms with van der Waals surface area (Å²) in [5.74, 6) is -0.775. The van der Waals surface area contributed by atoms with E-state index in [0.717, 1.165) is 11.1 Å². The van der Waals surface area contributed by atoms with Gasteiger partial charge in [-0.05, 0) is 44.4 Å². The number of phenolic OH excluding ortho intramolecular Hbond substituents is 1. The van der Waals surface area contributed by atoms with E-state index < -0.39 is 16.8 Å². The van der Waals surface area contributed by atoms with Gasteiger partial charge in [0.05, 0.1) is 5.56 Å². The summed E-state index contributed by atoms with van der Waals surface area (Å²) in [5, 5.41) is 21.9. The molecule has 0 atom stereocenters. The summed E-state index contributed by atoms with van der Waals surface area (Å²) in [4.78, 5) is 12.6. The number of phenols is 1. The van der Waals surface area contributed by atoms with Gasteiger partial charge < -0.3 is 10.2 Å². The van der Waals surface area contributed by atoms with Crippen LogP contribution >= 0.6 is 0 Å². The number of carboxylic acid groups (broad SMARTS) is 1. The molecule has 0 aliphatic heterocycles. The van der Waals surface area contributed by atoms with Crippen molar-refractivity contribution in [1.82, 2.24) is 0 Å². The van der Waals surface area contributed by atoms with Crippen molar-refractivity contribution in [3.05, 3.63) is 52.1 Å². The molecule has 0 aliphatic rings. The van der Waals surface area contributed by atoms with Gasteiger partial charge in [-0.25, -0.2) is 4.79 Å². The number of hydrogen-bond acceptors (Lipinski definition) is 2. The van der Waals surface area contributed by atoms with Gasteiger partial charge in [-0.2, -0.15) is 0 Å². The zero-order valence-corrected chi connectivity index (χ0v) is 22.1. The Kier molecular flexibility index (Phi) is 6.44. The number of carboxylic acids is 1. The first-order valence-corrected chi connectivity index (χ1v) is 11.5. The normalized spacial score (nSPS) is 13.4. The monoisotopic (exact) mass is 438 g/mol. The highest BCUT2D eigenvalue weighted by Gasteiger charge is 2.36. The maximum Gasteiger partial charge on any atom is 0.336 e. The van der Waals surface area contributed by atoms with Crippen LogP contribution in [-0.2, 0) is 21.7 Å². The maximum atomic E-state index is 12.6. The van der Waals surface area contributed by atoms with Crippen molar-refractivity contribution in [2.45, 2.75) is 105 Å². The van der Waals surface area contributed by atoms with Gasteiger partial charge in [0.1, 0.15) is 5.75 Å². The summed E-state index contributed by atoms with van der Waals surface area (Å²) in [5.41, 5.74) is 4.25.